The molecule has 114 valence electrons. The molecule has 9 heteroatoms. The first kappa shape index (κ1) is 14.6. The molecule has 2 heterocycles. The monoisotopic (exact) mass is 328 g/mol. The zero-order valence-electron chi connectivity index (χ0n) is 10.9. The molecule has 2 aromatic heterocycles. The second kappa shape index (κ2) is 5.45. The summed E-state index contributed by atoms with van der Waals surface area (Å²) in [5, 5.41) is 3.71. The molecule has 0 saturated heterocycles. The standard InChI is InChI=1S/C13H8ClF3N4O/c14-10-5-8(11-19-12(22-20-11)13(15,16)17)1-2-9(10)6-21-4-3-18-7-21/h1-5,7H,6H2. The Balaban J connectivity index is 1.87. The Hall–Kier alpha value is -2.35. The van der Waals surface area contributed by atoms with Crippen molar-refractivity contribution in [1.29, 1.82) is 0 Å². The second-order valence-electron chi connectivity index (χ2n) is 4.46. The van der Waals surface area contributed by atoms with Crippen LogP contribution in [0.25, 0.3) is 11.4 Å². The normalized spacial score (nSPS) is 11.8. The third-order valence-electron chi connectivity index (χ3n) is 2.89. The number of aromatic nitrogens is 4. The van der Waals surface area contributed by atoms with E-state index in [9.17, 15) is 13.2 Å². The van der Waals surface area contributed by atoms with E-state index in [1.807, 2.05) is 4.57 Å². The molecule has 0 radical (unpaired) electrons. The van der Waals surface area contributed by atoms with Gasteiger partial charge in [0.25, 0.3) is 0 Å². The molecular formula is C13H8ClF3N4O. The van der Waals surface area contributed by atoms with Gasteiger partial charge in [0.15, 0.2) is 0 Å². The maximum atomic E-state index is 12.4. The minimum Gasteiger partial charge on any atom is -0.333 e. The first-order valence-corrected chi connectivity index (χ1v) is 6.47. The van der Waals surface area contributed by atoms with Gasteiger partial charge in [-0.2, -0.15) is 18.2 Å². The summed E-state index contributed by atoms with van der Waals surface area (Å²) in [5.41, 5.74) is 1.14. The molecule has 22 heavy (non-hydrogen) atoms. The van der Waals surface area contributed by atoms with Crippen molar-refractivity contribution in [2.24, 2.45) is 0 Å². The summed E-state index contributed by atoms with van der Waals surface area (Å²) in [4.78, 5) is 7.24. The van der Waals surface area contributed by atoms with E-state index in [-0.39, 0.29) is 5.82 Å². The van der Waals surface area contributed by atoms with Crippen LogP contribution in [0.2, 0.25) is 5.02 Å². The average molecular weight is 329 g/mol. The number of benzene rings is 1. The summed E-state index contributed by atoms with van der Waals surface area (Å²) in [6.45, 7) is 0.499. The van der Waals surface area contributed by atoms with E-state index in [2.05, 4.69) is 19.6 Å². The van der Waals surface area contributed by atoms with Gasteiger partial charge in [0.05, 0.1) is 6.33 Å². The molecule has 0 bridgehead atoms. The molecule has 0 spiro atoms. The van der Waals surface area contributed by atoms with Gasteiger partial charge in [-0.15, -0.1) is 0 Å². The summed E-state index contributed by atoms with van der Waals surface area (Å²) in [5.74, 6) is -1.55. The van der Waals surface area contributed by atoms with Crippen LogP contribution in [-0.4, -0.2) is 19.7 Å². The van der Waals surface area contributed by atoms with Crippen LogP contribution >= 0.6 is 11.6 Å². The molecule has 0 aliphatic rings. The third-order valence-corrected chi connectivity index (χ3v) is 3.24. The molecule has 0 aliphatic heterocycles. The highest BCUT2D eigenvalue weighted by molar-refractivity contribution is 6.31. The Morgan fingerprint density at radius 1 is 1.27 bits per heavy atom. The van der Waals surface area contributed by atoms with Crippen LogP contribution in [0.15, 0.2) is 41.4 Å². The molecule has 3 rings (SSSR count). The number of alkyl halides is 3. The molecule has 0 unspecified atom stereocenters. The van der Waals surface area contributed by atoms with Crippen LogP contribution in [0.1, 0.15) is 11.5 Å². The van der Waals surface area contributed by atoms with Crippen molar-refractivity contribution in [3.63, 3.8) is 0 Å². The second-order valence-corrected chi connectivity index (χ2v) is 4.87. The van der Waals surface area contributed by atoms with E-state index < -0.39 is 12.1 Å². The van der Waals surface area contributed by atoms with Gasteiger partial charge in [-0.25, -0.2) is 4.98 Å². The Bertz CT molecular complexity index is 783. The Morgan fingerprint density at radius 3 is 2.68 bits per heavy atom. The zero-order chi connectivity index (χ0) is 15.7. The first-order chi connectivity index (χ1) is 10.4. The van der Waals surface area contributed by atoms with Gasteiger partial charge < -0.3 is 9.09 Å². The van der Waals surface area contributed by atoms with E-state index in [0.29, 0.717) is 17.1 Å². The van der Waals surface area contributed by atoms with Gasteiger partial charge in [0, 0.05) is 29.5 Å². The molecule has 3 aromatic rings. The van der Waals surface area contributed by atoms with Crippen LogP contribution in [0.3, 0.4) is 0 Å². The van der Waals surface area contributed by atoms with E-state index >= 15 is 0 Å². The summed E-state index contributed by atoms with van der Waals surface area (Å²) >= 11 is 6.15. The smallest absolute Gasteiger partial charge is 0.333 e. The molecule has 5 nitrogen and oxygen atoms in total. The van der Waals surface area contributed by atoms with Gasteiger partial charge in [-0.3, -0.25) is 0 Å². The van der Waals surface area contributed by atoms with Crippen LogP contribution in [0, 0.1) is 0 Å². The van der Waals surface area contributed by atoms with E-state index in [1.165, 1.54) is 6.07 Å². The van der Waals surface area contributed by atoms with Crippen LogP contribution in [0.4, 0.5) is 13.2 Å². The summed E-state index contributed by atoms with van der Waals surface area (Å²) in [7, 11) is 0. The number of halogens is 4. The number of nitrogens with zero attached hydrogens (tertiary/aromatic N) is 4. The lowest BCUT2D eigenvalue weighted by atomic mass is 10.1. The van der Waals surface area contributed by atoms with Gasteiger partial charge in [0.2, 0.25) is 5.82 Å². The highest BCUT2D eigenvalue weighted by Crippen LogP contribution is 2.30. The maximum Gasteiger partial charge on any atom is 0.471 e. The first-order valence-electron chi connectivity index (χ1n) is 6.09. The third kappa shape index (κ3) is 2.96. The van der Waals surface area contributed by atoms with Gasteiger partial charge in [-0.1, -0.05) is 28.9 Å². The topological polar surface area (TPSA) is 56.7 Å². The predicted molar refractivity (Wildman–Crippen MR) is 71.1 cm³/mol. The molecule has 0 amide bonds. The summed E-state index contributed by atoms with van der Waals surface area (Å²) < 4.78 is 43.3. The molecule has 0 fully saturated rings. The lowest BCUT2D eigenvalue weighted by Crippen LogP contribution is -2.04. The molecule has 0 atom stereocenters. The summed E-state index contributed by atoms with van der Waals surface area (Å²) in [6.07, 6.45) is 0.384. The molecule has 1 aromatic carbocycles. The quantitative estimate of drug-likeness (QED) is 0.736. The van der Waals surface area contributed by atoms with Crippen molar-refractivity contribution in [2.45, 2.75) is 12.7 Å². The maximum absolute atomic E-state index is 12.4. The number of rotatable bonds is 3. The number of hydrogen-bond donors (Lipinski definition) is 0. The van der Waals surface area contributed by atoms with Gasteiger partial charge in [0.1, 0.15) is 0 Å². The molecule has 0 saturated carbocycles. The SMILES string of the molecule is FC(F)(F)c1nc(-c2ccc(Cn3ccnc3)c(Cl)c2)no1. The van der Waals surface area contributed by atoms with E-state index in [1.54, 1.807) is 30.9 Å². The van der Waals surface area contributed by atoms with Crippen molar-refractivity contribution in [1.82, 2.24) is 19.7 Å². The minimum absolute atomic E-state index is 0.164. The largest absolute Gasteiger partial charge is 0.471 e. The average Bonchev–Trinajstić information content (AvgIpc) is 3.11. The van der Waals surface area contributed by atoms with Crippen molar-refractivity contribution in [2.75, 3.05) is 0 Å². The Morgan fingerprint density at radius 2 is 2.09 bits per heavy atom. The predicted octanol–water partition coefficient (Wildman–Crippen LogP) is 3.65. The molecule has 0 aliphatic carbocycles. The Kier molecular flexibility index (Phi) is 3.61. The summed E-state index contributed by atoms with van der Waals surface area (Å²) in [6, 6.07) is 4.78. The lowest BCUT2D eigenvalue weighted by molar-refractivity contribution is -0.159. The number of hydrogen-bond acceptors (Lipinski definition) is 4. The van der Waals surface area contributed by atoms with E-state index in [0.717, 1.165) is 5.56 Å². The fraction of sp³-hybridized carbons (Fsp3) is 0.154. The van der Waals surface area contributed by atoms with Crippen molar-refractivity contribution < 1.29 is 17.7 Å². The van der Waals surface area contributed by atoms with Crippen molar-refractivity contribution in [3.8, 4) is 11.4 Å². The van der Waals surface area contributed by atoms with Crippen molar-refractivity contribution in [3.05, 3.63) is 53.4 Å². The highest BCUT2D eigenvalue weighted by atomic mass is 35.5. The van der Waals surface area contributed by atoms with Gasteiger partial charge in [-0.05, 0) is 11.6 Å². The minimum atomic E-state index is -4.67. The van der Waals surface area contributed by atoms with Crippen LogP contribution < -0.4 is 0 Å². The van der Waals surface area contributed by atoms with Gasteiger partial charge >= 0.3 is 12.1 Å². The fourth-order valence-electron chi connectivity index (χ4n) is 1.85. The fourth-order valence-corrected chi connectivity index (χ4v) is 2.09. The van der Waals surface area contributed by atoms with Crippen LogP contribution in [0.5, 0.6) is 0 Å². The van der Waals surface area contributed by atoms with Crippen LogP contribution in [-0.2, 0) is 12.7 Å². The van der Waals surface area contributed by atoms with Crippen molar-refractivity contribution >= 4 is 11.6 Å². The lowest BCUT2D eigenvalue weighted by Gasteiger charge is -2.06. The zero-order valence-corrected chi connectivity index (χ0v) is 11.6. The highest BCUT2D eigenvalue weighted by Gasteiger charge is 2.38. The Labute approximate surface area is 127 Å². The van der Waals surface area contributed by atoms with E-state index in [4.69, 9.17) is 11.6 Å². The molecule has 0 N–H and O–H groups in total. The number of imidazole rings is 1. The molecular weight excluding hydrogens is 321 g/mol.